The lowest BCUT2D eigenvalue weighted by molar-refractivity contribution is -0.385. The lowest BCUT2D eigenvalue weighted by atomic mass is 10.1. The van der Waals surface area contributed by atoms with Gasteiger partial charge in [-0.2, -0.15) is 0 Å². The van der Waals surface area contributed by atoms with E-state index in [0.717, 1.165) is 6.07 Å². The first-order valence-corrected chi connectivity index (χ1v) is 6.38. The number of nitrogens with zero attached hydrogens (tertiary/aromatic N) is 1. The zero-order valence-electron chi connectivity index (χ0n) is 11.0. The molecule has 0 aliphatic rings. The molecule has 2 aromatic rings. The van der Waals surface area contributed by atoms with Crippen LogP contribution in [0, 0.1) is 22.9 Å². The van der Waals surface area contributed by atoms with Crippen molar-refractivity contribution in [2.75, 3.05) is 5.32 Å². The molecule has 0 radical (unpaired) electrons. The number of carbonyl (C=O) groups excluding carboxylic acids is 1. The second-order valence-electron chi connectivity index (χ2n) is 4.38. The van der Waals surface area contributed by atoms with Crippen LogP contribution in [0.2, 0.25) is 0 Å². The molecule has 1 N–H and O–H groups in total. The normalized spacial score (nSPS) is 10.2. The van der Waals surface area contributed by atoms with E-state index in [-0.39, 0.29) is 16.1 Å². The molecule has 108 valence electrons. The Morgan fingerprint density at radius 2 is 2.00 bits per heavy atom. The minimum Gasteiger partial charge on any atom is -0.322 e. The van der Waals surface area contributed by atoms with E-state index < -0.39 is 16.6 Å². The van der Waals surface area contributed by atoms with Gasteiger partial charge in [0.05, 0.1) is 4.92 Å². The molecule has 0 aliphatic heterocycles. The molecule has 2 rings (SSSR count). The first-order valence-electron chi connectivity index (χ1n) is 5.93. The summed E-state index contributed by atoms with van der Waals surface area (Å²) in [6.45, 7) is 1.61. The average molecular weight is 306 g/mol. The summed E-state index contributed by atoms with van der Waals surface area (Å²) in [4.78, 5) is 22.4. The summed E-state index contributed by atoms with van der Waals surface area (Å²) in [5.41, 5.74) is 0.922. The first-order chi connectivity index (χ1) is 9.88. The Labute approximate surface area is 125 Å². The Balaban J connectivity index is 2.25. The topological polar surface area (TPSA) is 72.2 Å². The third-order valence-electron chi connectivity index (χ3n) is 2.87. The fourth-order valence-electron chi connectivity index (χ4n) is 1.74. The van der Waals surface area contributed by atoms with Crippen molar-refractivity contribution in [3.05, 3.63) is 63.5 Å². The summed E-state index contributed by atoms with van der Waals surface area (Å²) in [7, 11) is 0. The molecule has 0 heterocycles. The number of thiol groups is 1. The largest absolute Gasteiger partial charge is 0.322 e. The van der Waals surface area contributed by atoms with Gasteiger partial charge in [-0.05, 0) is 31.2 Å². The third-order valence-corrected chi connectivity index (χ3v) is 3.21. The van der Waals surface area contributed by atoms with Crippen LogP contribution >= 0.6 is 12.6 Å². The standard InChI is InChI=1S/C14H11FN2O3S/c1-8-2-4-10(7-12(8)17(19)20)16-14(18)9-3-5-11(15)13(21)6-9/h2-7,21H,1H3,(H,16,18). The van der Waals surface area contributed by atoms with Crippen molar-refractivity contribution in [2.45, 2.75) is 11.8 Å². The number of nitro groups is 1. The zero-order chi connectivity index (χ0) is 15.6. The minimum absolute atomic E-state index is 0.0533. The van der Waals surface area contributed by atoms with Gasteiger partial charge in [-0.1, -0.05) is 6.07 Å². The van der Waals surface area contributed by atoms with Gasteiger partial charge in [-0.25, -0.2) is 4.39 Å². The Hall–Kier alpha value is -2.41. The average Bonchev–Trinajstić information content (AvgIpc) is 2.43. The van der Waals surface area contributed by atoms with Crippen LogP contribution in [0.25, 0.3) is 0 Å². The van der Waals surface area contributed by atoms with E-state index in [0.29, 0.717) is 11.3 Å². The van der Waals surface area contributed by atoms with Crippen LogP contribution in [0.5, 0.6) is 0 Å². The van der Waals surface area contributed by atoms with Crippen molar-refractivity contribution in [2.24, 2.45) is 0 Å². The van der Waals surface area contributed by atoms with Crippen LogP contribution in [0.3, 0.4) is 0 Å². The predicted octanol–water partition coefficient (Wildman–Crippen LogP) is 3.58. The highest BCUT2D eigenvalue weighted by Gasteiger charge is 2.13. The molecule has 0 aliphatic carbocycles. The molecule has 5 nitrogen and oxygen atoms in total. The fraction of sp³-hybridized carbons (Fsp3) is 0.0714. The Bertz CT molecular complexity index is 734. The number of benzene rings is 2. The lowest BCUT2D eigenvalue weighted by Crippen LogP contribution is -2.12. The highest BCUT2D eigenvalue weighted by atomic mass is 32.1. The van der Waals surface area contributed by atoms with Gasteiger partial charge >= 0.3 is 0 Å². The van der Waals surface area contributed by atoms with Gasteiger partial charge < -0.3 is 5.32 Å². The van der Waals surface area contributed by atoms with Crippen LogP contribution in [0.1, 0.15) is 15.9 Å². The molecular weight excluding hydrogens is 295 g/mol. The summed E-state index contributed by atoms with van der Waals surface area (Å²) in [5.74, 6) is -1.02. The van der Waals surface area contributed by atoms with E-state index in [1.54, 1.807) is 19.1 Å². The Morgan fingerprint density at radius 1 is 1.29 bits per heavy atom. The maximum Gasteiger partial charge on any atom is 0.274 e. The summed E-state index contributed by atoms with van der Waals surface area (Å²) in [6.07, 6.45) is 0. The maximum absolute atomic E-state index is 13.1. The van der Waals surface area contributed by atoms with E-state index in [1.807, 2.05) is 0 Å². The van der Waals surface area contributed by atoms with Gasteiger partial charge in [0.25, 0.3) is 11.6 Å². The van der Waals surface area contributed by atoms with Crippen LogP contribution < -0.4 is 5.32 Å². The second-order valence-corrected chi connectivity index (χ2v) is 4.86. The Kier molecular flexibility index (Phi) is 4.23. The highest BCUT2D eigenvalue weighted by Crippen LogP contribution is 2.23. The van der Waals surface area contributed by atoms with Crippen molar-refractivity contribution >= 4 is 29.9 Å². The smallest absolute Gasteiger partial charge is 0.274 e. The minimum atomic E-state index is -0.527. The number of anilines is 1. The molecule has 0 spiro atoms. The number of hydrogen-bond acceptors (Lipinski definition) is 4. The van der Waals surface area contributed by atoms with Gasteiger partial charge in [0.15, 0.2) is 0 Å². The van der Waals surface area contributed by atoms with Gasteiger partial charge in [-0.3, -0.25) is 14.9 Å². The second kappa shape index (κ2) is 5.92. The third kappa shape index (κ3) is 3.38. The van der Waals surface area contributed by atoms with E-state index in [4.69, 9.17) is 0 Å². The molecule has 0 unspecified atom stereocenters. The molecule has 0 saturated carbocycles. The number of carbonyl (C=O) groups is 1. The predicted molar refractivity (Wildman–Crippen MR) is 79.4 cm³/mol. The van der Waals surface area contributed by atoms with E-state index in [9.17, 15) is 19.3 Å². The van der Waals surface area contributed by atoms with Crippen molar-refractivity contribution in [1.29, 1.82) is 0 Å². The van der Waals surface area contributed by atoms with Crippen LogP contribution in [-0.4, -0.2) is 10.8 Å². The molecule has 0 atom stereocenters. The maximum atomic E-state index is 13.1. The van der Waals surface area contributed by atoms with Crippen LogP contribution in [0.15, 0.2) is 41.3 Å². The number of rotatable bonds is 3. The number of amides is 1. The Morgan fingerprint density at radius 3 is 2.62 bits per heavy atom. The monoisotopic (exact) mass is 306 g/mol. The number of halogens is 1. The van der Waals surface area contributed by atoms with Crippen molar-refractivity contribution in [3.63, 3.8) is 0 Å². The van der Waals surface area contributed by atoms with E-state index >= 15 is 0 Å². The number of hydrogen-bond donors (Lipinski definition) is 2. The van der Waals surface area contributed by atoms with Crippen molar-refractivity contribution < 1.29 is 14.1 Å². The van der Waals surface area contributed by atoms with E-state index in [1.165, 1.54) is 18.2 Å². The summed E-state index contributed by atoms with van der Waals surface area (Å²) in [6, 6.07) is 8.12. The fourth-order valence-corrected chi connectivity index (χ4v) is 1.95. The molecule has 0 saturated heterocycles. The molecule has 2 aromatic carbocycles. The summed E-state index contributed by atoms with van der Waals surface area (Å²) >= 11 is 3.90. The van der Waals surface area contributed by atoms with Crippen molar-refractivity contribution in [3.8, 4) is 0 Å². The quantitative estimate of drug-likeness (QED) is 0.517. The van der Waals surface area contributed by atoms with Gasteiger partial charge in [0.1, 0.15) is 5.82 Å². The molecule has 0 aromatic heterocycles. The molecular formula is C14H11FN2O3S. The zero-order valence-corrected chi connectivity index (χ0v) is 11.9. The number of aryl methyl sites for hydroxylation is 1. The molecule has 0 bridgehead atoms. The lowest BCUT2D eigenvalue weighted by Gasteiger charge is -2.07. The molecule has 7 heteroatoms. The van der Waals surface area contributed by atoms with Gasteiger partial charge in [0.2, 0.25) is 0 Å². The number of nitrogens with one attached hydrogen (secondary N) is 1. The van der Waals surface area contributed by atoms with Gasteiger partial charge in [0, 0.05) is 27.8 Å². The SMILES string of the molecule is Cc1ccc(NC(=O)c2ccc(F)c(S)c2)cc1[N+](=O)[O-]. The number of nitro benzene ring substituents is 1. The van der Waals surface area contributed by atoms with Crippen LogP contribution in [0.4, 0.5) is 15.8 Å². The van der Waals surface area contributed by atoms with Crippen molar-refractivity contribution in [1.82, 2.24) is 0 Å². The highest BCUT2D eigenvalue weighted by molar-refractivity contribution is 7.80. The molecule has 21 heavy (non-hydrogen) atoms. The molecule has 1 amide bonds. The van der Waals surface area contributed by atoms with Crippen LogP contribution in [-0.2, 0) is 0 Å². The van der Waals surface area contributed by atoms with Gasteiger partial charge in [-0.15, -0.1) is 12.6 Å². The van der Waals surface area contributed by atoms with E-state index in [2.05, 4.69) is 17.9 Å². The summed E-state index contributed by atoms with van der Waals surface area (Å²) in [5, 5.41) is 13.4. The first kappa shape index (κ1) is 15.0. The molecule has 0 fully saturated rings. The summed E-state index contributed by atoms with van der Waals surface area (Å²) < 4.78 is 13.1.